The van der Waals surface area contributed by atoms with Gasteiger partial charge in [-0.2, -0.15) is 5.10 Å². The van der Waals surface area contributed by atoms with Crippen LogP contribution in [0.3, 0.4) is 0 Å². The van der Waals surface area contributed by atoms with E-state index in [4.69, 9.17) is 4.74 Å². The van der Waals surface area contributed by atoms with Crippen LogP contribution < -0.4 is 10.3 Å². The maximum Gasteiger partial charge on any atom is 0.274 e. The number of ether oxygens (including phenoxy) is 1. The summed E-state index contributed by atoms with van der Waals surface area (Å²) in [7, 11) is 5.83. The molecule has 0 saturated carbocycles. The molecule has 1 unspecified atom stereocenters. The molecule has 3 rings (SSSR count). The van der Waals surface area contributed by atoms with E-state index in [0.29, 0.717) is 17.5 Å². The standard InChI is InChI=1S/C16H20N2O.C10H12N2O.2C2H6/c1-4-15(18(2)3)13-8-10-14(11-9-13)19-16-7-5-6-12-17-16;1-5-8-7(3)11-12(4)10(13)9(8)6-2;2*1-2/h5-12,15H,4H2,1-3H3;5-6H,1-2H2,3-4H3;2*1-2H3. The molecule has 0 aliphatic rings. The molecule has 1 atom stereocenters. The lowest BCUT2D eigenvalue weighted by Gasteiger charge is -2.23. The number of aryl methyl sites for hydroxylation is 2. The van der Waals surface area contributed by atoms with Gasteiger partial charge in [-0.1, -0.05) is 78.1 Å². The summed E-state index contributed by atoms with van der Waals surface area (Å²) in [6.45, 7) is 19.3. The molecule has 0 fully saturated rings. The second kappa shape index (κ2) is 17.9. The SMILES string of the molecule is C=Cc1c(C)nn(C)c(=O)c1C=C.CC.CC.CCC(c1ccc(Oc2ccccn2)cc1)N(C)C. The van der Waals surface area contributed by atoms with Gasteiger partial charge in [-0.25, -0.2) is 9.67 Å². The zero-order chi connectivity index (χ0) is 27.7. The molecule has 2 heterocycles. The molecule has 0 radical (unpaired) electrons. The van der Waals surface area contributed by atoms with Crippen molar-refractivity contribution in [1.29, 1.82) is 0 Å². The first-order chi connectivity index (χ1) is 17.3. The molecule has 0 N–H and O–H groups in total. The quantitative estimate of drug-likeness (QED) is 0.346. The molecule has 0 saturated heterocycles. The van der Waals surface area contributed by atoms with Crippen LogP contribution >= 0.6 is 0 Å². The monoisotopic (exact) mass is 492 g/mol. The highest BCUT2D eigenvalue weighted by atomic mass is 16.5. The van der Waals surface area contributed by atoms with Crippen molar-refractivity contribution < 1.29 is 4.74 Å². The van der Waals surface area contributed by atoms with Crippen molar-refractivity contribution in [2.24, 2.45) is 7.05 Å². The van der Waals surface area contributed by atoms with Gasteiger partial charge in [0.2, 0.25) is 5.88 Å². The van der Waals surface area contributed by atoms with Crippen molar-refractivity contribution in [3.05, 3.63) is 94.6 Å². The van der Waals surface area contributed by atoms with Gasteiger partial charge in [0.05, 0.1) is 5.69 Å². The van der Waals surface area contributed by atoms with Gasteiger partial charge in [-0.3, -0.25) is 4.79 Å². The average molecular weight is 493 g/mol. The van der Waals surface area contributed by atoms with Crippen LogP contribution in [-0.4, -0.2) is 33.8 Å². The molecule has 0 aliphatic carbocycles. The normalized spacial score (nSPS) is 10.4. The van der Waals surface area contributed by atoms with Gasteiger partial charge in [0.25, 0.3) is 5.56 Å². The van der Waals surface area contributed by atoms with Gasteiger partial charge in [0.1, 0.15) is 5.75 Å². The Morgan fingerprint density at radius 3 is 2.03 bits per heavy atom. The van der Waals surface area contributed by atoms with Gasteiger partial charge in [0.15, 0.2) is 0 Å². The summed E-state index contributed by atoms with van der Waals surface area (Å²) in [5.41, 5.74) is 3.27. The van der Waals surface area contributed by atoms with E-state index in [-0.39, 0.29) is 5.56 Å². The van der Waals surface area contributed by atoms with Crippen molar-refractivity contribution in [3.8, 4) is 11.6 Å². The molecule has 2 aromatic heterocycles. The first-order valence-corrected chi connectivity index (χ1v) is 12.5. The molecule has 6 nitrogen and oxygen atoms in total. The fraction of sp³-hybridized carbons (Fsp3) is 0.367. The molecular weight excluding hydrogens is 448 g/mol. The van der Waals surface area contributed by atoms with E-state index in [0.717, 1.165) is 23.4 Å². The van der Waals surface area contributed by atoms with Gasteiger partial charge in [0, 0.05) is 36.5 Å². The van der Waals surface area contributed by atoms with Crippen molar-refractivity contribution in [2.75, 3.05) is 14.1 Å². The zero-order valence-corrected chi connectivity index (χ0v) is 23.6. The minimum Gasteiger partial charge on any atom is -0.439 e. The third-order valence-corrected chi connectivity index (χ3v) is 5.05. The molecule has 0 aliphatic heterocycles. The highest BCUT2D eigenvalue weighted by Crippen LogP contribution is 2.25. The first kappa shape index (κ1) is 32.5. The zero-order valence-electron chi connectivity index (χ0n) is 23.6. The number of pyridine rings is 1. The van der Waals surface area contributed by atoms with Gasteiger partial charge in [-0.15, -0.1) is 0 Å². The smallest absolute Gasteiger partial charge is 0.274 e. The number of benzene rings is 1. The average Bonchev–Trinajstić information content (AvgIpc) is 2.90. The van der Waals surface area contributed by atoms with Crippen molar-refractivity contribution in [3.63, 3.8) is 0 Å². The summed E-state index contributed by atoms with van der Waals surface area (Å²) in [4.78, 5) is 17.9. The third kappa shape index (κ3) is 9.62. The lowest BCUT2D eigenvalue weighted by molar-refractivity contribution is 0.292. The van der Waals surface area contributed by atoms with Crippen LogP contribution in [-0.2, 0) is 7.05 Å². The van der Waals surface area contributed by atoms with Gasteiger partial charge in [-0.05, 0) is 51.2 Å². The molecular formula is C30H44N4O2. The minimum atomic E-state index is -0.143. The van der Waals surface area contributed by atoms with Crippen LogP contribution in [0.15, 0.2) is 66.6 Å². The Morgan fingerprint density at radius 2 is 1.58 bits per heavy atom. The number of nitrogens with zero attached hydrogens (tertiary/aromatic N) is 4. The summed E-state index contributed by atoms with van der Waals surface area (Å²) < 4.78 is 6.99. The second-order valence-corrected chi connectivity index (χ2v) is 7.48. The number of hydrogen-bond donors (Lipinski definition) is 0. The van der Waals surface area contributed by atoms with Crippen molar-refractivity contribution in [2.45, 2.75) is 54.0 Å². The topological polar surface area (TPSA) is 60.3 Å². The lowest BCUT2D eigenvalue weighted by atomic mass is 10.0. The van der Waals surface area contributed by atoms with E-state index < -0.39 is 0 Å². The van der Waals surface area contributed by atoms with E-state index in [1.807, 2.05) is 65.0 Å². The van der Waals surface area contributed by atoms with Crippen LogP contribution in [0.5, 0.6) is 11.6 Å². The van der Waals surface area contributed by atoms with Gasteiger partial charge >= 0.3 is 0 Å². The van der Waals surface area contributed by atoms with E-state index >= 15 is 0 Å². The summed E-state index contributed by atoms with van der Waals surface area (Å²) in [5.74, 6) is 1.44. The number of aromatic nitrogens is 3. The maximum absolute atomic E-state index is 11.5. The highest BCUT2D eigenvalue weighted by Gasteiger charge is 2.11. The highest BCUT2D eigenvalue weighted by molar-refractivity contribution is 5.63. The first-order valence-electron chi connectivity index (χ1n) is 12.5. The van der Waals surface area contributed by atoms with Crippen LogP contribution in [0.4, 0.5) is 0 Å². The summed E-state index contributed by atoms with van der Waals surface area (Å²) >= 11 is 0. The Balaban J connectivity index is 0.000000630. The molecule has 196 valence electrons. The van der Waals surface area contributed by atoms with Crippen LogP contribution in [0.1, 0.15) is 69.5 Å². The van der Waals surface area contributed by atoms with Crippen molar-refractivity contribution in [1.82, 2.24) is 19.7 Å². The Kier molecular flexibility index (Phi) is 16.1. The van der Waals surface area contributed by atoms with Crippen LogP contribution in [0.2, 0.25) is 0 Å². The minimum absolute atomic E-state index is 0.143. The molecule has 3 aromatic rings. The molecule has 1 aromatic carbocycles. The summed E-state index contributed by atoms with van der Waals surface area (Å²) in [6.07, 6.45) is 5.98. The fourth-order valence-electron chi connectivity index (χ4n) is 3.45. The van der Waals surface area contributed by atoms with Crippen LogP contribution in [0, 0.1) is 6.92 Å². The summed E-state index contributed by atoms with van der Waals surface area (Å²) in [5, 5.41) is 4.04. The summed E-state index contributed by atoms with van der Waals surface area (Å²) in [6, 6.07) is 14.3. The lowest BCUT2D eigenvalue weighted by Crippen LogP contribution is -2.24. The molecule has 0 amide bonds. The molecule has 0 spiro atoms. The second-order valence-electron chi connectivity index (χ2n) is 7.48. The number of hydrogen-bond acceptors (Lipinski definition) is 5. The Labute approximate surface area is 218 Å². The van der Waals surface area contributed by atoms with E-state index in [9.17, 15) is 4.79 Å². The van der Waals surface area contributed by atoms with Crippen LogP contribution in [0.25, 0.3) is 12.2 Å². The van der Waals surface area contributed by atoms with Crippen molar-refractivity contribution >= 4 is 12.2 Å². The molecule has 36 heavy (non-hydrogen) atoms. The maximum atomic E-state index is 11.5. The van der Waals surface area contributed by atoms with E-state index in [1.165, 1.54) is 16.3 Å². The van der Waals surface area contributed by atoms with E-state index in [1.54, 1.807) is 19.3 Å². The Hall–Kier alpha value is -3.51. The Bertz CT molecular complexity index is 1090. The fourth-order valence-corrected chi connectivity index (χ4v) is 3.45. The van der Waals surface area contributed by atoms with Gasteiger partial charge < -0.3 is 9.64 Å². The molecule has 6 heteroatoms. The predicted octanol–water partition coefficient (Wildman–Crippen LogP) is 7.31. The third-order valence-electron chi connectivity index (χ3n) is 5.05. The van der Waals surface area contributed by atoms with E-state index in [2.05, 4.69) is 61.3 Å². The predicted molar refractivity (Wildman–Crippen MR) is 155 cm³/mol. The Morgan fingerprint density at radius 1 is 1.00 bits per heavy atom. The number of rotatable bonds is 7. The largest absolute Gasteiger partial charge is 0.439 e. The molecule has 0 bridgehead atoms.